The molecule has 0 aliphatic carbocycles. The standard InChI is InChI=1S/C27H27FN2O4S2/c1-27(2,3)34-26(31)29(4)17-19-15-24(22-11-5-6-12-23(22)28)30(18-19)36(32,33)21-10-7-9-20(16-21)25-13-8-14-35-25/h5-16,18H,17H2,1-4H3. The van der Waals surface area contributed by atoms with E-state index in [-0.39, 0.29) is 22.7 Å². The molecule has 4 aromatic rings. The van der Waals surface area contributed by atoms with Gasteiger partial charge in [-0.05, 0) is 73.7 Å². The van der Waals surface area contributed by atoms with Gasteiger partial charge in [0.1, 0.15) is 11.4 Å². The molecule has 0 aliphatic rings. The molecule has 0 saturated carbocycles. The maximum Gasteiger partial charge on any atom is 0.410 e. The number of thiophene rings is 1. The molecule has 2 aromatic carbocycles. The van der Waals surface area contributed by atoms with Crippen molar-refractivity contribution in [3.8, 4) is 21.7 Å². The minimum absolute atomic E-state index is 0.0774. The Labute approximate surface area is 214 Å². The van der Waals surface area contributed by atoms with Gasteiger partial charge in [0.15, 0.2) is 0 Å². The van der Waals surface area contributed by atoms with E-state index in [0.717, 1.165) is 14.4 Å². The SMILES string of the molecule is CN(Cc1cc(-c2ccccc2F)n(S(=O)(=O)c2cccc(-c3cccs3)c2)c1)C(=O)OC(C)(C)C. The van der Waals surface area contributed by atoms with Crippen LogP contribution >= 0.6 is 11.3 Å². The fourth-order valence-corrected chi connectivity index (χ4v) is 5.85. The fraction of sp³-hybridized carbons (Fsp3) is 0.222. The molecule has 0 unspecified atom stereocenters. The summed E-state index contributed by atoms with van der Waals surface area (Å²) in [6.45, 7) is 5.38. The molecule has 2 aromatic heterocycles. The molecular formula is C27H27FN2O4S2. The van der Waals surface area contributed by atoms with Crippen molar-refractivity contribution in [2.75, 3.05) is 7.05 Å². The molecule has 0 bridgehead atoms. The lowest BCUT2D eigenvalue weighted by atomic mass is 10.1. The Balaban J connectivity index is 1.78. The lowest BCUT2D eigenvalue weighted by Crippen LogP contribution is -2.33. The maximum atomic E-state index is 14.8. The highest BCUT2D eigenvalue weighted by atomic mass is 32.2. The predicted octanol–water partition coefficient (Wildman–Crippen LogP) is 6.63. The van der Waals surface area contributed by atoms with Crippen LogP contribution < -0.4 is 0 Å². The van der Waals surface area contributed by atoms with E-state index < -0.39 is 27.5 Å². The highest BCUT2D eigenvalue weighted by Crippen LogP contribution is 2.32. The molecular weight excluding hydrogens is 499 g/mol. The molecule has 0 saturated heterocycles. The van der Waals surface area contributed by atoms with Crippen LogP contribution in [-0.4, -0.2) is 36.0 Å². The zero-order valence-electron chi connectivity index (χ0n) is 20.4. The van der Waals surface area contributed by atoms with E-state index in [4.69, 9.17) is 4.74 Å². The minimum atomic E-state index is -4.09. The largest absolute Gasteiger partial charge is 0.444 e. The first kappa shape index (κ1) is 25.7. The van der Waals surface area contributed by atoms with Gasteiger partial charge in [-0.15, -0.1) is 11.3 Å². The van der Waals surface area contributed by atoms with Gasteiger partial charge in [-0.1, -0.05) is 30.3 Å². The van der Waals surface area contributed by atoms with Gasteiger partial charge in [0.05, 0.1) is 17.1 Å². The van der Waals surface area contributed by atoms with E-state index in [2.05, 4.69) is 0 Å². The first-order chi connectivity index (χ1) is 17.0. The highest BCUT2D eigenvalue weighted by Gasteiger charge is 2.25. The molecule has 0 fully saturated rings. The van der Waals surface area contributed by atoms with Gasteiger partial charge in [0, 0.05) is 23.7 Å². The number of ether oxygens (including phenoxy) is 1. The quantitative estimate of drug-likeness (QED) is 0.283. The molecule has 2 heterocycles. The Hall–Kier alpha value is -3.43. The molecule has 0 atom stereocenters. The highest BCUT2D eigenvalue weighted by molar-refractivity contribution is 7.90. The van der Waals surface area contributed by atoms with Crippen LogP contribution in [-0.2, 0) is 21.3 Å². The van der Waals surface area contributed by atoms with E-state index in [9.17, 15) is 17.6 Å². The second-order valence-corrected chi connectivity index (χ2v) is 12.1. The molecule has 4 rings (SSSR count). The van der Waals surface area contributed by atoms with Crippen LogP contribution in [0, 0.1) is 5.82 Å². The van der Waals surface area contributed by atoms with Crippen LogP contribution in [0.3, 0.4) is 0 Å². The second-order valence-electron chi connectivity index (χ2n) is 9.36. The van der Waals surface area contributed by atoms with Crippen LogP contribution in [0.25, 0.3) is 21.7 Å². The maximum absolute atomic E-state index is 14.8. The van der Waals surface area contributed by atoms with Gasteiger partial charge < -0.3 is 9.64 Å². The third-order valence-electron chi connectivity index (χ3n) is 5.31. The minimum Gasteiger partial charge on any atom is -0.444 e. The molecule has 188 valence electrons. The van der Waals surface area contributed by atoms with E-state index in [1.54, 1.807) is 58.2 Å². The van der Waals surface area contributed by atoms with Crippen LogP contribution in [0.4, 0.5) is 9.18 Å². The summed E-state index contributed by atoms with van der Waals surface area (Å²) in [6.07, 6.45) is 0.879. The number of halogens is 1. The zero-order chi connectivity index (χ0) is 26.1. The predicted molar refractivity (Wildman–Crippen MR) is 140 cm³/mol. The van der Waals surface area contributed by atoms with Crippen molar-refractivity contribution in [3.63, 3.8) is 0 Å². The number of nitrogens with zero attached hydrogens (tertiary/aromatic N) is 2. The molecule has 9 heteroatoms. The Morgan fingerprint density at radius 1 is 1.06 bits per heavy atom. The van der Waals surface area contributed by atoms with Gasteiger partial charge in [-0.3, -0.25) is 0 Å². The molecule has 0 radical (unpaired) electrons. The molecule has 0 N–H and O–H groups in total. The van der Waals surface area contributed by atoms with E-state index in [0.29, 0.717) is 5.56 Å². The Bertz CT molecular complexity index is 1490. The number of hydrogen-bond acceptors (Lipinski definition) is 5. The first-order valence-corrected chi connectivity index (χ1v) is 13.6. The summed E-state index contributed by atoms with van der Waals surface area (Å²) in [5, 5.41) is 1.92. The lowest BCUT2D eigenvalue weighted by molar-refractivity contribution is 0.0285. The van der Waals surface area contributed by atoms with Crippen LogP contribution in [0.2, 0.25) is 0 Å². The molecule has 1 amide bonds. The van der Waals surface area contributed by atoms with Crippen molar-refractivity contribution < 1.29 is 22.3 Å². The summed E-state index contributed by atoms with van der Waals surface area (Å²) >= 11 is 1.51. The van der Waals surface area contributed by atoms with Crippen LogP contribution in [0.1, 0.15) is 26.3 Å². The summed E-state index contributed by atoms with van der Waals surface area (Å²) in [5.41, 5.74) is 0.922. The second kappa shape index (κ2) is 9.91. The number of aromatic nitrogens is 1. The number of carbonyl (C=O) groups excluding carboxylic acids is 1. The number of carbonyl (C=O) groups is 1. The summed E-state index contributed by atoms with van der Waals surface area (Å²) in [6, 6.07) is 18.1. The normalized spacial score (nSPS) is 11.9. The van der Waals surface area contributed by atoms with Crippen molar-refractivity contribution in [2.24, 2.45) is 0 Å². The molecule has 0 spiro atoms. The van der Waals surface area contributed by atoms with E-state index >= 15 is 0 Å². The van der Waals surface area contributed by atoms with Gasteiger partial charge >= 0.3 is 6.09 Å². The average Bonchev–Trinajstić information content (AvgIpc) is 3.49. The number of benzene rings is 2. The third-order valence-corrected chi connectivity index (χ3v) is 7.90. The number of hydrogen-bond donors (Lipinski definition) is 0. The van der Waals surface area contributed by atoms with E-state index in [1.165, 1.54) is 40.6 Å². The molecule has 6 nitrogen and oxygen atoms in total. The average molecular weight is 527 g/mol. The van der Waals surface area contributed by atoms with Crippen molar-refractivity contribution in [3.05, 3.63) is 89.7 Å². The zero-order valence-corrected chi connectivity index (χ0v) is 22.1. The topological polar surface area (TPSA) is 68.6 Å². The van der Waals surface area contributed by atoms with Crippen molar-refractivity contribution in [2.45, 2.75) is 37.8 Å². The third kappa shape index (κ3) is 5.52. The summed E-state index contributed by atoms with van der Waals surface area (Å²) in [5.74, 6) is -0.550. The fourth-order valence-electron chi connectivity index (χ4n) is 3.69. The Kier molecular flexibility index (Phi) is 7.06. The van der Waals surface area contributed by atoms with Crippen LogP contribution in [0.15, 0.2) is 83.2 Å². The van der Waals surface area contributed by atoms with Gasteiger partial charge in [0.25, 0.3) is 10.0 Å². The summed E-state index contributed by atoms with van der Waals surface area (Å²) < 4.78 is 48.9. The summed E-state index contributed by atoms with van der Waals surface area (Å²) in [4.78, 5) is 14.8. The Morgan fingerprint density at radius 3 is 2.47 bits per heavy atom. The first-order valence-electron chi connectivity index (χ1n) is 11.3. The van der Waals surface area contributed by atoms with E-state index in [1.807, 2.05) is 23.6 Å². The monoisotopic (exact) mass is 526 g/mol. The number of rotatable bonds is 6. The molecule has 36 heavy (non-hydrogen) atoms. The smallest absolute Gasteiger partial charge is 0.410 e. The molecule has 0 aliphatic heterocycles. The van der Waals surface area contributed by atoms with Crippen molar-refractivity contribution in [1.82, 2.24) is 8.87 Å². The number of amides is 1. The van der Waals surface area contributed by atoms with Gasteiger partial charge in [0.2, 0.25) is 0 Å². The summed E-state index contributed by atoms with van der Waals surface area (Å²) in [7, 11) is -2.53. The lowest BCUT2D eigenvalue weighted by Gasteiger charge is -2.24. The Morgan fingerprint density at radius 2 is 1.81 bits per heavy atom. The van der Waals surface area contributed by atoms with Crippen molar-refractivity contribution in [1.29, 1.82) is 0 Å². The van der Waals surface area contributed by atoms with Gasteiger partial charge in [-0.25, -0.2) is 21.6 Å². The van der Waals surface area contributed by atoms with Crippen LogP contribution in [0.5, 0.6) is 0 Å². The van der Waals surface area contributed by atoms with Crippen molar-refractivity contribution >= 4 is 27.5 Å². The van der Waals surface area contributed by atoms with Gasteiger partial charge in [-0.2, -0.15) is 0 Å².